The van der Waals surface area contributed by atoms with E-state index >= 15 is 0 Å². The molecule has 1 N–H and O–H groups in total. The molecule has 17 heavy (non-hydrogen) atoms. The topological polar surface area (TPSA) is 50.9 Å². The number of hydrogen-bond donors (Lipinski definition) is 1. The highest BCUT2D eigenvalue weighted by atomic mass is 35.5. The average Bonchev–Trinajstić information content (AvgIpc) is 2.79. The monoisotopic (exact) mass is 271 g/mol. The van der Waals surface area contributed by atoms with Gasteiger partial charge in [0.1, 0.15) is 0 Å². The van der Waals surface area contributed by atoms with Crippen LogP contribution in [0.4, 0.5) is 0 Å². The number of halogens is 1. The van der Waals surface area contributed by atoms with Gasteiger partial charge in [0, 0.05) is 19.7 Å². The number of nitrogens with zero attached hydrogens (tertiary/aromatic N) is 3. The van der Waals surface area contributed by atoms with Gasteiger partial charge >= 0.3 is 0 Å². The van der Waals surface area contributed by atoms with Gasteiger partial charge in [-0.3, -0.25) is 4.68 Å². The van der Waals surface area contributed by atoms with Gasteiger partial charge in [0.25, 0.3) is 0 Å². The second-order valence-electron chi connectivity index (χ2n) is 3.97. The SMILES string of the molecule is Cc1ncc(C(O)Cc2c(Cl)c(C)nn2C)s1. The van der Waals surface area contributed by atoms with Crippen LogP contribution < -0.4 is 0 Å². The van der Waals surface area contributed by atoms with Crippen molar-refractivity contribution in [1.82, 2.24) is 14.8 Å². The minimum Gasteiger partial charge on any atom is -0.387 e. The van der Waals surface area contributed by atoms with Crippen molar-refractivity contribution in [3.8, 4) is 0 Å². The van der Waals surface area contributed by atoms with Gasteiger partial charge in [-0.25, -0.2) is 4.98 Å². The minimum absolute atomic E-state index is 0.456. The summed E-state index contributed by atoms with van der Waals surface area (Å²) in [5.74, 6) is 0. The van der Waals surface area contributed by atoms with Crippen LogP contribution in [0.1, 0.15) is 27.4 Å². The third-order valence-electron chi connectivity index (χ3n) is 2.62. The molecule has 0 bridgehead atoms. The molecule has 0 aliphatic rings. The van der Waals surface area contributed by atoms with Crippen LogP contribution in [-0.4, -0.2) is 19.9 Å². The summed E-state index contributed by atoms with van der Waals surface area (Å²) in [6.45, 7) is 3.77. The number of aliphatic hydroxyl groups is 1. The fourth-order valence-corrected chi connectivity index (χ4v) is 2.73. The summed E-state index contributed by atoms with van der Waals surface area (Å²) in [5.41, 5.74) is 1.64. The smallest absolute Gasteiger partial charge is 0.0953 e. The van der Waals surface area contributed by atoms with Crippen molar-refractivity contribution in [2.24, 2.45) is 7.05 Å². The molecule has 4 nitrogen and oxygen atoms in total. The Kier molecular flexibility index (Phi) is 3.51. The van der Waals surface area contributed by atoms with Crippen molar-refractivity contribution in [3.63, 3.8) is 0 Å². The van der Waals surface area contributed by atoms with E-state index in [2.05, 4.69) is 10.1 Å². The quantitative estimate of drug-likeness (QED) is 0.933. The number of hydrogen-bond acceptors (Lipinski definition) is 4. The van der Waals surface area contributed by atoms with E-state index in [1.54, 1.807) is 10.9 Å². The van der Waals surface area contributed by atoms with Crippen LogP contribution in [-0.2, 0) is 13.5 Å². The third kappa shape index (κ3) is 2.51. The van der Waals surface area contributed by atoms with Crippen LogP contribution in [0, 0.1) is 13.8 Å². The first-order chi connectivity index (χ1) is 7.99. The number of aryl methyl sites for hydroxylation is 3. The fraction of sp³-hybridized carbons (Fsp3) is 0.455. The largest absolute Gasteiger partial charge is 0.387 e. The van der Waals surface area contributed by atoms with Gasteiger partial charge in [-0.05, 0) is 13.8 Å². The Morgan fingerprint density at radius 2 is 2.24 bits per heavy atom. The minimum atomic E-state index is -0.575. The maximum absolute atomic E-state index is 10.1. The van der Waals surface area contributed by atoms with E-state index < -0.39 is 6.10 Å². The molecule has 2 rings (SSSR count). The van der Waals surface area contributed by atoms with Crippen molar-refractivity contribution in [1.29, 1.82) is 0 Å². The van der Waals surface area contributed by atoms with Crippen molar-refractivity contribution < 1.29 is 5.11 Å². The van der Waals surface area contributed by atoms with Crippen molar-refractivity contribution in [2.75, 3.05) is 0 Å². The highest BCUT2D eigenvalue weighted by Gasteiger charge is 2.18. The molecule has 0 aromatic carbocycles. The van der Waals surface area contributed by atoms with Gasteiger partial charge in [-0.15, -0.1) is 11.3 Å². The van der Waals surface area contributed by atoms with Crippen LogP contribution in [0.25, 0.3) is 0 Å². The van der Waals surface area contributed by atoms with Crippen molar-refractivity contribution in [2.45, 2.75) is 26.4 Å². The molecule has 0 aliphatic heterocycles. The van der Waals surface area contributed by atoms with Crippen LogP contribution in [0.2, 0.25) is 5.02 Å². The molecule has 1 atom stereocenters. The van der Waals surface area contributed by atoms with Gasteiger partial charge in [-0.1, -0.05) is 11.6 Å². The normalized spacial score (nSPS) is 13.0. The van der Waals surface area contributed by atoms with Gasteiger partial charge in [0.15, 0.2) is 0 Å². The van der Waals surface area contributed by atoms with Crippen LogP contribution in [0.15, 0.2) is 6.20 Å². The van der Waals surface area contributed by atoms with E-state index in [-0.39, 0.29) is 0 Å². The molecule has 2 aromatic rings. The summed E-state index contributed by atoms with van der Waals surface area (Å²) in [5, 5.41) is 15.9. The molecule has 0 spiro atoms. The maximum atomic E-state index is 10.1. The van der Waals surface area contributed by atoms with Crippen LogP contribution in [0.5, 0.6) is 0 Å². The van der Waals surface area contributed by atoms with E-state index in [1.165, 1.54) is 11.3 Å². The van der Waals surface area contributed by atoms with E-state index in [1.807, 2.05) is 20.9 Å². The summed E-state index contributed by atoms with van der Waals surface area (Å²) in [7, 11) is 1.83. The van der Waals surface area contributed by atoms with E-state index in [4.69, 9.17) is 11.6 Å². The molecule has 0 saturated carbocycles. The van der Waals surface area contributed by atoms with Gasteiger partial charge in [0.2, 0.25) is 0 Å². The summed E-state index contributed by atoms with van der Waals surface area (Å²) >= 11 is 7.64. The fourth-order valence-electron chi connectivity index (χ4n) is 1.72. The lowest BCUT2D eigenvalue weighted by atomic mass is 10.1. The Morgan fingerprint density at radius 3 is 2.71 bits per heavy atom. The molecule has 2 heterocycles. The summed E-state index contributed by atoms with van der Waals surface area (Å²) in [6.07, 6.45) is 1.59. The Hall–Kier alpha value is -0.910. The number of aliphatic hydroxyl groups excluding tert-OH is 1. The number of thiazole rings is 1. The Bertz CT molecular complexity index is 535. The van der Waals surface area contributed by atoms with Gasteiger partial charge in [-0.2, -0.15) is 5.10 Å². The molecular formula is C11H14ClN3OS. The number of aromatic nitrogens is 3. The predicted molar refractivity (Wildman–Crippen MR) is 68.5 cm³/mol. The molecule has 0 radical (unpaired) electrons. The Morgan fingerprint density at radius 1 is 1.53 bits per heavy atom. The summed E-state index contributed by atoms with van der Waals surface area (Å²) < 4.78 is 1.72. The maximum Gasteiger partial charge on any atom is 0.0953 e. The van der Waals surface area contributed by atoms with E-state index in [9.17, 15) is 5.11 Å². The Balaban J connectivity index is 2.21. The molecule has 1 unspecified atom stereocenters. The standard InChI is InChI=1S/C11H14ClN3OS/c1-6-11(12)8(15(3)14-6)4-9(16)10-5-13-7(2)17-10/h5,9,16H,4H2,1-3H3. The third-order valence-corrected chi connectivity index (χ3v) is 4.12. The lowest BCUT2D eigenvalue weighted by molar-refractivity contribution is 0.179. The summed E-state index contributed by atoms with van der Waals surface area (Å²) in [4.78, 5) is 4.99. The van der Waals surface area contributed by atoms with Crippen LogP contribution in [0.3, 0.4) is 0 Å². The first kappa shape index (κ1) is 12.5. The molecule has 92 valence electrons. The van der Waals surface area contributed by atoms with Gasteiger partial charge < -0.3 is 5.11 Å². The molecule has 6 heteroatoms. The summed E-state index contributed by atoms with van der Waals surface area (Å²) in [6, 6.07) is 0. The molecule has 0 amide bonds. The van der Waals surface area contributed by atoms with E-state index in [0.717, 1.165) is 21.3 Å². The zero-order valence-corrected chi connectivity index (χ0v) is 11.5. The highest BCUT2D eigenvalue weighted by molar-refractivity contribution is 7.11. The zero-order valence-electron chi connectivity index (χ0n) is 9.94. The second kappa shape index (κ2) is 4.76. The van der Waals surface area contributed by atoms with Gasteiger partial charge in [0.05, 0.1) is 32.4 Å². The second-order valence-corrected chi connectivity index (χ2v) is 5.62. The molecule has 0 saturated heterocycles. The molecular weight excluding hydrogens is 258 g/mol. The average molecular weight is 272 g/mol. The van der Waals surface area contributed by atoms with Crippen LogP contribution >= 0.6 is 22.9 Å². The molecule has 2 aromatic heterocycles. The van der Waals surface area contributed by atoms with Crippen molar-refractivity contribution >= 4 is 22.9 Å². The predicted octanol–water partition coefficient (Wildman–Crippen LogP) is 2.42. The highest BCUT2D eigenvalue weighted by Crippen LogP contribution is 2.27. The molecule has 0 aliphatic carbocycles. The lowest BCUT2D eigenvalue weighted by Gasteiger charge is -2.08. The van der Waals surface area contributed by atoms with Crippen molar-refractivity contribution in [3.05, 3.63) is 32.5 Å². The van der Waals surface area contributed by atoms with E-state index in [0.29, 0.717) is 11.4 Å². The zero-order chi connectivity index (χ0) is 12.6. The molecule has 0 fully saturated rings. The Labute approximate surface area is 109 Å². The lowest BCUT2D eigenvalue weighted by Crippen LogP contribution is -2.05. The first-order valence-electron chi connectivity index (χ1n) is 5.27. The number of rotatable bonds is 3. The first-order valence-corrected chi connectivity index (χ1v) is 6.47.